The molecule has 1 aliphatic rings. The predicted octanol–water partition coefficient (Wildman–Crippen LogP) is 2.58. The third-order valence-electron chi connectivity index (χ3n) is 2.30. The van der Waals surface area contributed by atoms with Crippen LogP contribution in [-0.2, 0) is 13.3 Å². The van der Waals surface area contributed by atoms with Crippen LogP contribution in [0.2, 0.25) is 0 Å². The van der Waals surface area contributed by atoms with Crippen molar-refractivity contribution in [3.05, 3.63) is 35.8 Å². The van der Waals surface area contributed by atoms with E-state index in [9.17, 15) is 0 Å². The standard InChI is InChI=1S/C11H18O3Si/c1-4-10-14-15(12-2,13-3)11-8-6-5-7-9-11/h4-6,8,10H,7,9H2,1-3H3. The summed E-state index contributed by atoms with van der Waals surface area (Å²) in [6, 6.07) is 0. The van der Waals surface area contributed by atoms with Crippen molar-refractivity contribution in [2.45, 2.75) is 19.8 Å². The molecular formula is C11H18O3Si. The summed E-state index contributed by atoms with van der Waals surface area (Å²) in [7, 11) is 0.634. The van der Waals surface area contributed by atoms with Crippen LogP contribution in [0.5, 0.6) is 0 Å². The monoisotopic (exact) mass is 226 g/mol. The van der Waals surface area contributed by atoms with Crippen molar-refractivity contribution in [1.82, 2.24) is 0 Å². The second kappa shape index (κ2) is 5.90. The lowest BCUT2D eigenvalue weighted by Crippen LogP contribution is -2.45. The van der Waals surface area contributed by atoms with Crippen LogP contribution in [0.1, 0.15) is 19.8 Å². The Morgan fingerprint density at radius 1 is 1.33 bits per heavy atom. The maximum Gasteiger partial charge on any atom is 0.597 e. The van der Waals surface area contributed by atoms with Gasteiger partial charge < -0.3 is 13.3 Å². The smallest absolute Gasteiger partial charge is 0.505 e. The first-order valence-corrected chi connectivity index (χ1v) is 6.77. The van der Waals surface area contributed by atoms with Crippen LogP contribution in [0.25, 0.3) is 0 Å². The Morgan fingerprint density at radius 2 is 2.07 bits per heavy atom. The lowest BCUT2D eigenvalue weighted by molar-refractivity contribution is 0.150. The van der Waals surface area contributed by atoms with Gasteiger partial charge in [-0.05, 0) is 19.8 Å². The Balaban J connectivity index is 2.87. The fourth-order valence-corrected chi connectivity index (χ4v) is 3.63. The largest absolute Gasteiger partial charge is 0.597 e. The Bertz CT molecular complexity index is 278. The lowest BCUT2D eigenvalue weighted by Gasteiger charge is -2.27. The van der Waals surface area contributed by atoms with E-state index >= 15 is 0 Å². The van der Waals surface area contributed by atoms with Crippen LogP contribution in [0.15, 0.2) is 35.8 Å². The maximum atomic E-state index is 5.63. The van der Waals surface area contributed by atoms with Crippen molar-refractivity contribution in [2.24, 2.45) is 0 Å². The van der Waals surface area contributed by atoms with E-state index in [-0.39, 0.29) is 0 Å². The van der Waals surface area contributed by atoms with E-state index in [4.69, 9.17) is 13.3 Å². The summed E-state index contributed by atoms with van der Waals surface area (Å²) in [5.74, 6) is 0. The van der Waals surface area contributed by atoms with Gasteiger partial charge in [0.2, 0.25) is 0 Å². The van der Waals surface area contributed by atoms with Gasteiger partial charge in [-0.1, -0.05) is 24.3 Å². The zero-order valence-electron chi connectivity index (χ0n) is 9.53. The molecule has 0 atom stereocenters. The van der Waals surface area contributed by atoms with Crippen LogP contribution in [0.4, 0.5) is 0 Å². The zero-order valence-corrected chi connectivity index (χ0v) is 10.5. The summed E-state index contributed by atoms with van der Waals surface area (Å²) in [5.41, 5.74) is 0. The molecule has 0 aromatic carbocycles. The van der Waals surface area contributed by atoms with Gasteiger partial charge >= 0.3 is 8.80 Å². The topological polar surface area (TPSA) is 27.7 Å². The fraction of sp³-hybridized carbons (Fsp3) is 0.455. The molecule has 4 heteroatoms. The molecular weight excluding hydrogens is 208 g/mol. The van der Waals surface area contributed by atoms with Crippen molar-refractivity contribution in [3.63, 3.8) is 0 Å². The Hall–Kier alpha value is -0.843. The number of allylic oxidation sites excluding steroid dienone is 5. The van der Waals surface area contributed by atoms with Crippen molar-refractivity contribution >= 4 is 8.80 Å². The van der Waals surface area contributed by atoms with Crippen LogP contribution >= 0.6 is 0 Å². The molecule has 0 N–H and O–H groups in total. The van der Waals surface area contributed by atoms with E-state index < -0.39 is 8.80 Å². The second-order valence-corrected chi connectivity index (χ2v) is 6.02. The molecule has 0 fully saturated rings. The molecule has 1 rings (SSSR count). The maximum absolute atomic E-state index is 5.63. The van der Waals surface area contributed by atoms with Crippen LogP contribution in [0, 0.1) is 0 Å². The SMILES string of the molecule is CC=CO[Si](OC)(OC)C1=CC=CCC1. The van der Waals surface area contributed by atoms with E-state index in [1.807, 2.05) is 25.2 Å². The molecule has 84 valence electrons. The summed E-state index contributed by atoms with van der Waals surface area (Å²) in [4.78, 5) is 0. The van der Waals surface area contributed by atoms with Gasteiger partial charge in [0, 0.05) is 19.4 Å². The van der Waals surface area contributed by atoms with Gasteiger partial charge in [-0.15, -0.1) is 0 Å². The van der Waals surface area contributed by atoms with Crippen LogP contribution in [0.3, 0.4) is 0 Å². The van der Waals surface area contributed by atoms with Gasteiger partial charge in [0.05, 0.1) is 6.26 Å². The highest BCUT2D eigenvalue weighted by Gasteiger charge is 2.45. The molecule has 0 saturated carbocycles. The Kier molecular flexibility index (Phi) is 4.81. The first kappa shape index (κ1) is 12.2. The van der Waals surface area contributed by atoms with Crippen molar-refractivity contribution in [2.75, 3.05) is 14.2 Å². The lowest BCUT2D eigenvalue weighted by atomic mass is 10.2. The summed E-state index contributed by atoms with van der Waals surface area (Å²) in [5, 5.41) is 1.13. The number of rotatable bonds is 5. The molecule has 0 bridgehead atoms. The van der Waals surface area contributed by atoms with Gasteiger partial charge in [-0.3, -0.25) is 0 Å². The third-order valence-corrected chi connectivity index (χ3v) is 5.03. The average Bonchev–Trinajstić information content (AvgIpc) is 2.33. The fourth-order valence-electron chi connectivity index (χ4n) is 1.53. The van der Waals surface area contributed by atoms with Gasteiger partial charge in [0.15, 0.2) is 0 Å². The second-order valence-electron chi connectivity index (χ2n) is 3.21. The molecule has 0 aliphatic heterocycles. The average molecular weight is 226 g/mol. The van der Waals surface area contributed by atoms with Crippen molar-refractivity contribution < 1.29 is 13.3 Å². The Morgan fingerprint density at radius 3 is 2.53 bits per heavy atom. The summed E-state index contributed by atoms with van der Waals surface area (Å²) in [6.07, 6.45) is 11.6. The van der Waals surface area contributed by atoms with E-state index in [0.717, 1.165) is 18.0 Å². The van der Waals surface area contributed by atoms with E-state index in [2.05, 4.69) is 6.08 Å². The molecule has 3 nitrogen and oxygen atoms in total. The minimum Gasteiger partial charge on any atom is -0.505 e. The molecule has 0 heterocycles. The Labute approximate surface area is 92.4 Å². The molecule has 0 saturated heterocycles. The van der Waals surface area contributed by atoms with Crippen LogP contribution in [-0.4, -0.2) is 23.0 Å². The number of hydrogen-bond donors (Lipinski definition) is 0. The molecule has 1 aliphatic carbocycles. The highest BCUT2D eigenvalue weighted by molar-refractivity contribution is 6.69. The van der Waals surface area contributed by atoms with Crippen LogP contribution < -0.4 is 0 Å². The molecule has 0 amide bonds. The molecule has 15 heavy (non-hydrogen) atoms. The molecule has 0 aromatic heterocycles. The van der Waals surface area contributed by atoms with Crippen molar-refractivity contribution in [3.8, 4) is 0 Å². The number of hydrogen-bond acceptors (Lipinski definition) is 3. The van der Waals surface area contributed by atoms with E-state index in [1.54, 1.807) is 20.5 Å². The predicted molar refractivity (Wildman–Crippen MR) is 62.1 cm³/mol. The zero-order chi connectivity index (χ0) is 11.1. The minimum atomic E-state index is -2.64. The summed E-state index contributed by atoms with van der Waals surface area (Å²) >= 11 is 0. The highest BCUT2D eigenvalue weighted by Crippen LogP contribution is 2.25. The normalized spacial score (nSPS) is 16.9. The molecule has 0 spiro atoms. The summed E-state index contributed by atoms with van der Waals surface area (Å²) in [6.45, 7) is 1.90. The van der Waals surface area contributed by atoms with E-state index in [1.165, 1.54) is 0 Å². The highest BCUT2D eigenvalue weighted by atomic mass is 28.4. The van der Waals surface area contributed by atoms with Crippen molar-refractivity contribution in [1.29, 1.82) is 0 Å². The molecule has 0 aromatic rings. The molecule has 0 radical (unpaired) electrons. The third kappa shape index (κ3) is 2.81. The van der Waals surface area contributed by atoms with Gasteiger partial charge in [0.1, 0.15) is 0 Å². The summed E-state index contributed by atoms with van der Waals surface area (Å²) < 4.78 is 16.6. The first-order valence-electron chi connectivity index (χ1n) is 5.04. The quantitative estimate of drug-likeness (QED) is 0.532. The molecule has 0 unspecified atom stereocenters. The van der Waals surface area contributed by atoms with Gasteiger partial charge in [0.25, 0.3) is 0 Å². The minimum absolute atomic E-state index is 0.946. The first-order chi connectivity index (χ1) is 7.29. The van der Waals surface area contributed by atoms with E-state index in [0.29, 0.717) is 0 Å². The van der Waals surface area contributed by atoms with Gasteiger partial charge in [-0.25, -0.2) is 0 Å². The van der Waals surface area contributed by atoms with Gasteiger partial charge in [-0.2, -0.15) is 0 Å².